The van der Waals surface area contributed by atoms with E-state index in [2.05, 4.69) is 44.3 Å². The third-order valence-corrected chi connectivity index (χ3v) is 3.44. The Labute approximate surface area is 120 Å². The molecule has 0 atom stereocenters. The molecular formula is C17H22N2O. The van der Waals surface area contributed by atoms with Crippen molar-refractivity contribution in [2.24, 2.45) is 0 Å². The molecule has 3 nitrogen and oxygen atoms in total. The summed E-state index contributed by atoms with van der Waals surface area (Å²) in [5, 5.41) is 3.40. The standard InChI is InChI=1S/C17H22N2O/c1-4-9-19-12-16(7-8-17(19)20)18-11-15-10-13(2)5-6-14(15)3/h5-8,10,12,18H,4,9,11H2,1-3H3. The zero-order chi connectivity index (χ0) is 14.5. The van der Waals surface area contributed by atoms with Gasteiger partial charge in [0.1, 0.15) is 0 Å². The highest BCUT2D eigenvalue weighted by Crippen LogP contribution is 2.13. The summed E-state index contributed by atoms with van der Waals surface area (Å²) in [4.78, 5) is 11.7. The third kappa shape index (κ3) is 3.50. The zero-order valence-electron chi connectivity index (χ0n) is 12.4. The summed E-state index contributed by atoms with van der Waals surface area (Å²) in [7, 11) is 0. The molecular weight excluding hydrogens is 248 g/mol. The molecule has 0 saturated heterocycles. The lowest BCUT2D eigenvalue weighted by molar-refractivity contribution is 0.655. The normalized spacial score (nSPS) is 10.6. The Kier molecular flexibility index (Phi) is 4.61. The fraction of sp³-hybridized carbons (Fsp3) is 0.353. The molecule has 2 aromatic rings. The summed E-state index contributed by atoms with van der Waals surface area (Å²) >= 11 is 0. The maximum atomic E-state index is 11.7. The van der Waals surface area contributed by atoms with Crippen LogP contribution in [0.3, 0.4) is 0 Å². The van der Waals surface area contributed by atoms with E-state index < -0.39 is 0 Å². The highest BCUT2D eigenvalue weighted by atomic mass is 16.1. The first-order valence-electron chi connectivity index (χ1n) is 7.10. The summed E-state index contributed by atoms with van der Waals surface area (Å²) < 4.78 is 1.76. The first-order valence-corrected chi connectivity index (χ1v) is 7.10. The molecule has 0 bridgehead atoms. The molecule has 106 valence electrons. The zero-order valence-corrected chi connectivity index (χ0v) is 12.4. The van der Waals surface area contributed by atoms with Crippen molar-refractivity contribution in [3.8, 4) is 0 Å². The van der Waals surface area contributed by atoms with Crippen molar-refractivity contribution in [2.75, 3.05) is 5.32 Å². The van der Waals surface area contributed by atoms with Gasteiger partial charge < -0.3 is 9.88 Å². The number of rotatable bonds is 5. The van der Waals surface area contributed by atoms with Crippen LogP contribution in [0.4, 0.5) is 5.69 Å². The molecule has 0 unspecified atom stereocenters. The quantitative estimate of drug-likeness (QED) is 0.902. The van der Waals surface area contributed by atoms with Crippen LogP contribution in [0.25, 0.3) is 0 Å². The number of nitrogens with one attached hydrogen (secondary N) is 1. The van der Waals surface area contributed by atoms with E-state index in [0.29, 0.717) is 0 Å². The predicted molar refractivity (Wildman–Crippen MR) is 84.2 cm³/mol. The van der Waals surface area contributed by atoms with Crippen molar-refractivity contribution in [1.29, 1.82) is 0 Å². The minimum Gasteiger partial charge on any atom is -0.380 e. The van der Waals surface area contributed by atoms with Crippen LogP contribution in [-0.2, 0) is 13.1 Å². The number of aromatic nitrogens is 1. The lowest BCUT2D eigenvalue weighted by Crippen LogP contribution is -2.18. The van der Waals surface area contributed by atoms with Crippen LogP contribution in [0.5, 0.6) is 0 Å². The number of hydrogen-bond acceptors (Lipinski definition) is 2. The Bertz CT molecular complexity index is 644. The fourth-order valence-corrected chi connectivity index (χ4v) is 2.24. The number of hydrogen-bond donors (Lipinski definition) is 1. The van der Waals surface area contributed by atoms with Crippen molar-refractivity contribution in [3.63, 3.8) is 0 Å². The van der Waals surface area contributed by atoms with Gasteiger partial charge >= 0.3 is 0 Å². The van der Waals surface area contributed by atoms with Crippen LogP contribution >= 0.6 is 0 Å². The van der Waals surface area contributed by atoms with E-state index in [9.17, 15) is 4.79 Å². The molecule has 1 heterocycles. The van der Waals surface area contributed by atoms with Gasteiger partial charge in [-0.25, -0.2) is 0 Å². The molecule has 20 heavy (non-hydrogen) atoms. The molecule has 0 aliphatic rings. The molecule has 0 radical (unpaired) electrons. The van der Waals surface area contributed by atoms with Crippen molar-refractivity contribution in [3.05, 3.63) is 63.6 Å². The Morgan fingerprint density at radius 3 is 2.70 bits per heavy atom. The Morgan fingerprint density at radius 1 is 1.15 bits per heavy atom. The average molecular weight is 270 g/mol. The lowest BCUT2D eigenvalue weighted by Gasteiger charge is -2.12. The molecule has 3 heteroatoms. The van der Waals surface area contributed by atoms with Crippen molar-refractivity contribution < 1.29 is 0 Å². The number of benzene rings is 1. The monoisotopic (exact) mass is 270 g/mol. The second kappa shape index (κ2) is 6.42. The predicted octanol–water partition coefficient (Wildman–Crippen LogP) is 3.49. The summed E-state index contributed by atoms with van der Waals surface area (Å²) in [6.07, 6.45) is 2.86. The summed E-state index contributed by atoms with van der Waals surface area (Å²) in [5.74, 6) is 0. The van der Waals surface area contributed by atoms with Crippen molar-refractivity contribution in [1.82, 2.24) is 4.57 Å². The van der Waals surface area contributed by atoms with Gasteiger partial charge in [-0.1, -0.05) is 30.7 Å². The second-order valence-corrected chi connectivity index (χ2v) is 5.23. The number of pyridine rings is 1. The van der Waals surface area contributed by atoms with Gasteiger partial charge in [0, 0.05) is 25.4 Å². The van der Waals surface area contributed by atoms with Crippen LogP contribution in [0.1, 0.15) is 30.0 Å². The fourth-order valence-electron chi connectivity index (χ4n) is 2.24. The van der Waals surface area contributed by atoms with Crippen LogP contribution in [0, 0.1) is 13.8 Å². The van der Waals surface area contributed by atoms with Crippen LogP contribution in [-0.4, -0.2) is 4.57 Å². The van der Waals surface area contributed by atoms with Gasteiger partial charge in [-0.2, -0.15) is 0 Å². The van der Waals surface area contributed by atoms with E-state index in [1.54, 1.807) is 10.6 Å². The third-order valence-electron chi connectivity index (χ3n) is 3.44. The minimum absolute atomic E-state index is 0.0594. The van der Waals surface area contributed by atoms with Gasteiger partial charge in [-0.15, -0.1) is 0 Å². The summed E-state index contributed by atoms with van der Waals surface area (Å²) in [6.45, 7) is 7.83. The van der Waals surface area contributed by atoms with Gasteiger partial charge in [-0.05, 0) is 37.5 Å². The molecule has 1 N–H and O–H groups in total. The topological polar surface area (TPSA) is 34.0 Å². The smallest absolute Gasteiger partial charge is 0.250 e. The van der Waals surface area contributed by atoms with Crippen LogP contribution < -0.4 is 10.9 Å². The van der Waals surface area contributed by atoms with Crippen molar-refractivity contribution >= 4 is 5.69 Å². The maximum absolute atomic E-state index is 11.7. The number of aryl methyl sites for hydroxylation is 3. The highest BCUT2D eigenvalue weighted by molar-refractivity contribution is 5.42. The van der Waals surface area contributed by atoms with E-state index in [1.807, 2.05) is 12.3 Å². The molecule has 0 fully saturated rings. The van der Waals surface area contributed by atoms with Crippen molar-refractivity contribution in [2.45, 2.75) is 40.3 Å². The molecule has 0 spiro atoms. The van der Waals surface area contributed by atoms with Gasteiger partial charge in [0.2, 0.25) is 0 Å². The molecule has 2 rings (SSSR count). The van der Waals surface area contributed by atoms with Crippen LogP contribution in [0.2, 0.25) is 0 Å². The minimum atomic E-state index is 0.0594. The second-order valence-electron chi connectivity index (χ2n) is 5.23. The van der Waals surface area contributed by atoms with E-state index in [4.69, 9.17) is 0 Å². The Hall–Kier alpha value is -2.03. The van der Waals surface area contributed by atoms with Crippen LogP contribution in [0.15, 0.2) is 41.3 Å². The lowest BCUT2D eigenvalue weighted by atomic mass is 10.1. The Balaban J connectivity index is 2.12. The summed E-state index contributed by atoms with van der Waals surface area (Å²) in [5.41, 5.74) is 4.88. The van der Waals surface area contributed by atoms with Gasteiger partial charge in [0.25, 0.3) is 5.56 Å². The van der Waals surface area contributed by atoms with Gasteiger partial charge in [-0.3, -0.25) is 4.79 Å². The molecule has 1 aromatic heterocycles. The highest BCUT2D eigenvalue weighted by Gasteiger charge is 2.01. The largest absolute Gasteiger partial charge is 0.380 e. The van der Waals surface area contributed by atoms with E-state index in [0.717, 1.165) is 25.2 Å². The number of anilines is 1. The molecule has 0 saturated carbocycles. The number of nitrogens with zero attached hydrogens (tertiary/aromatic N) is 1. The first kappa shape index (κ1) is 14.4. The van der Waals surface area contributed by atoms with E-state index in [-0.39, 0.29) is 5.56 Å². The molecule has 1 aromatic carbocycles. The SMILES string of the molecule is CCCn1cc(NCc2cc(C)ccc2C)ccc1=O. The average Bonchev–Trinajstić information content (AvgIpc) is 2.43. The van der Waals surface area contributed by atoms with E-state index >= 15 is 0 Å². The summed E-state index contributed by atoms with van der Waals surface area (Å²) in [6, 6.07) is 9.94. The van der Waals surface area contributed by atoms with E-state index in [1.165, 1.54) is 16.7 Å². The van der Waals surface area contributed by atoms with Gasteiger partial charge in [0.15, 0.2) is 0 Å². The molecule has 0 aliphatic carbocycles. The first-order chi connectivity index (χ1) is 9.60. The molecule has 0 aliphatic heterocycles. The maximum Gasteiger partial charge on any atom is 0.250 e. The van der Waals surface area contributed by atoms with Gasteiger partial charge in [0.05, 0.1) is 5.69 Å². The molecule has 0 amide bonds. The Morgan fingerprint density at radius 2 is 1.95 bits per heavy atom.